The van der Waals surface area contributed by atoms with Crippen LogP contribution in [0.2, 0.25) is 5.02 Å². The molecule has 0 saturated carbocycles. The molecular formula is C16H21ClN2O2S. The maximum absolute atomic E-state index is 12.4. The molecule has 1 fully saturated rings. The number of benzene rings is 1. The number of nitrogens with one attached hydrogen (secondary N) is 1. The van der Waals surface area contributed by atoms with E-state index in [1.165, 1.54) is 0 Å². The standard InChI is InChI=1S/C16H21ClN2O2S/c1-10(2)18-14(20)8-9-19-15(21)11(3)22-16(19)12-6-4-5-7-13(12)17/h4-7,10-11,16H,8-9H2,1-3H3,(H,18,20)/t11-,16+/m1/s1. The van der Waals surface area contributed by atoms with Gasteiger partial charge in [-0.25, -0.2) is 0 Å². The molecule has 120 valence electrons. The lowest BCUT2D eigenvalue weighted by atomic mass is 10.2. The summed E-state index contributed by atoms with van der Waals surface area (Å²) >= 11 is 7.84. The van der Waals surface area contributed by atoms with Gasteiger partial charge in [-0.15, -0.1) is 11.8 Å². The van der Waals surface area contributed by atoms with Crippen LogP contribution >= 0.6 is 23.4 Å². The van der Waals surface area contributed by atoms with Gasteiger partial charge in [0, 0.05) is 29.6 Å². The van der Waals surface area contributed by atoms with Crippen molar-refractivity contribution in [2.24, 2.45) is 0 Å². The second-order valence-electron chi connectivity index (χ2n) is 5.66. The molecule has 1 aliphatic rings. The fourth-order valence-corrected chi connectivity index (χ4v) is 4.08. The summed E-state index contributed by atoms with van der Waals surface area (Å²) in [5.74, 6) is 0.0255. The number of amides is 2. The first-order chi connectivity index (χ1) is 10.4. The van der Waals surface area contributed by atoms with Gasteiger partial charge in [0.15, 0.2) is 0 Å². The Labute approximate surface area is 140 Å². The van der Waals surface area contributed by atoms with Crippen LogP contribution in [0.4, 0.5) is 0 Å². The quantitative estimate of drug-likeness (QED) is 0.895. The number of carbonyl (C=O) groups is 2. The van der Waals surface area contributed by atoms with Crippen molar-refractivity contribution in [3.63, 3.8) is 0 Å². The number of hydrogen-bond donors (Lipinski definition) is 1. The minimum atomic E-state index is -0.122. The molecule has 1 heterocycles. The van der Waals surface area contributed by atoms with Crippen LogP contribution in [0.15, 0.2) is 24.3 Å². The third-order valence-corrected chi connectivity index (χ3v) is 5.17. The predicted octanol–water partition coefficient (Wildman–Crippen LogP) is 3.22. The van der Waals surface area contributed by atoms with Gasteiger partial charge in [0.05, 0.1) is 5.25 Å². The van der Waals surface area contributed by atoms with Gasteiger partial charge in [-0.1, -0.05) is 29.8 Å². The Hall–Kier alpha value is -1.20. The number of carbonyl (C=O) groups excluding carboxylic acids is 2. The average molecular weight is 341 g/mol. The number of rotatable bonds is 5. The van der Waals surface area contributed by atoms with Gasteiger partial charge in [-0.3, -0.25) is 9.59 Å². The Morgan fingerprint density at radius 3 is 2.73 bits per heavy atom. The maximum Gasteiger partial charge on any atom is 0.236 e. The Bertz CT molecular complexity index is 565. The number of thioether (sulfide) groups is 1. The molecule has 0 bridgehead atoms. The van der Waals surface area contributed by atoms with E-state index < -0.39 is 0 Å². The molecule has 22 heavy (non-hydrogen) atoms. The molecule has 0 spiro atoms. The van der Waals surface area contributed by atoms with Crippen molar-refractivity contribution < 1.29 is 9.59 Å². The van der Waals surface area contributed by atoms with Gasteiger partial charge >= 0.3 is 0 Å². The lowest BCUT2D eigenvalue weighted by Gasteiger charge is -2.24. The second-order valence-corrected chi connectivity index (χ2v) is 7.49. The minimum absolute atomic E-state index is 0.0368. The van der Waals surface area contributed by atoms with E-state index in [0.29, 0.717) is 18.0 Å². The third kappa shape index (κ3) is 3.96. The molecule has 0 radical (unpaired) electrons. The van der Waals surface area contributed by atoms with Crippen molar-refractivity contribution in [3.8, 4) is 0 Å². The van der Waals surface area contributed by atoms with Crippen LogP contribution < -0.4 is 5.32 Å². The van der Waals surface area contributed by atoms with Crippen molar-refractivity contribution in [1.82, 2.24) is 10.2 Å². The summed E-state index contributed by atoms with van der Waals surface area (Å²) in [5.41, 5.74) is 0.927. The van der Waals surface area contributed by atoms with Crippen molar-refractivity contribution in [2.45, 2.75) is 43.9 Å². The molecule has 1 saturated heterocycles. The molecular weight excluding hydrogens is 320 g/mol. The zero-order chi connectivity index (χ0) is 16.3. The van der Waals surface area contributed by atoms with E-state index in [2.05, 4.69) is 5.32 Å². The van der Waals surface area contributed by atoms with E-state index >= 15 is 0 Å². The maximum atomic E-state index is 12.4. The van der Waals surface area contributed by atoms with E-state index in [-0.39, 0.29) is 28.5 Å². The molecule has 1 aliphatic heterocycles. The first-order valence-electron chi connectivity index (χ1n) is 7.40. The van der Waals surface area contributed by atoms with Crippen LogP contribution in [0.5, 0.6) is 0 Å². The number of halogens is 1. The molecule has 4 nitrogen and oxygen atoms in total. The lowest BCUT2D eigenvalue weighted by Crippen LogP contribution is -2.36. The molecule has 1 aromatic rings. The molecule has 0 unspecified atom stereocenters. The summed E-state index contributed by atoms with van der Waals surface area (Å²) in [6.07, 6.45) is 0.304. The van der Waals surface area contributed by atoms with Gasteiger partial charge in [-0.05, 0) is 26.8 Å². The summed E-state index contributed by atoms with van der Waals surface area (Å²) in [7, 11) is 0. The van der Waals surface area contributed by atoms with Gasteiger partial charge in [0.2, 0.25) is 11.8 Å². The summed E-state index contributed by atoms with van der Waals surface area (Å²) in [6, 6.07) is 7.66. The highest BCUT2D eigenvalue weighted by atomic mass is 35.5. The number of hydrogen-bond acceptors (Lipinski definition) is 3. The minimum Gasteiger partial charge on any atom is -0.354 e. The topological polar surface area (TPSA) is 49.4 Å². The first-order valence-corrected chi connectivity index (χ1v) is 8.72. The summed E-state index contributed by atoms with van der Waals surface area (Å²) in [5, 5.41) is 3.26. The third-order valence-electron chi connectivity index (χ3n) is 3.45. The monoisotopic (exact) mass is 340 g/mol. The molecule has 1 N–H and O–H groups in total. The predicted molar refractivity (Wildman–Crippen MR) is 90.9 cm³/mol. The molecule has 0 aliphatic carbocycles. The summed E-state index contributed by atoms with van der Waals surface area (Å²) in [6.45, 7) is 6.14. The SMILES string of the molecule is CC(C)NC(=O)CCN1C(=O)[C@@H](C)S[C@H]1c1ccccc1Cl. The van der Waals surface area contributed by atoms with E-state index in [9.17, 15) is 9.59 Å². The Balaban J connectivity index is 2.11. The van der Waals surface area contributed by atoms with Gasteiger partial charge < -0.3 is 10.2 Å². The molecule has 2 amide bonds. The van der Waals surface area contributed by atoms with E-state index in [1.807, 2.05) is 45.0 Å². The summed E-state index contributed by atoms with van der Waals surface area (Å²) < 4.78 is 0. The molecule has 0 aromatic heterocycles. The first kappa shape index (κ1) is 17.2. The zero-order valence-corrected chi connectivity index (χ0v) is 14.6. The number of nitrogens with zero attached hydrogens (tertiary/aromatic N) is 1. The Morgan fingerprint density at radius 2 is 2.09 bits per heavy atom. The fraction of sp³-hybridized carbons (Fsp3) is 0.500. The van der Waals surface area contributed by atoms with E-state index in [0.717, 1.165) is 5.56 Å². The lowest BCUT2D eigenvalue weighted by molar-refractivity contribution is -0.130. The van der Waals surface area contributed by atoms with E-state index in [4.69, 9.17) is 11.6 Å². The van der Waals surface area contributed by atoms with Gasteiger partial charge in [0.1, 0.15) is 5.37 Å². The fourth-order valence-electron chi connectivity index (χ4n) is 2.43. The molecule has 2 rings (SSSR count). The van der Waals surface area contributed by atoms with Crippen LogP contribution in [-0.4, -0.2) is 34.6 Å². The van der Waals surface area contributed by atoms with Crippen LogP contribution in [0.1, 0.15) is 38.1 Å². The second kappa shape index (κ2) is 7.38. The highest BCUT2D eigenvalue weighted by Gasteiger charge is 2.39. The normalized spacial score (nSPS) is 21.5. The van der Waals surface area contributed by atoms with Crippen LogP contribution in [0.3, 0.4) is 0 Å². The molecule has 6 heteroatoms. The molecule has 2 atom stereocenters. The van der Waals surface area contributed by atoms with Crippen LogP contribution in [0.25, 0.3) is 0 Å². The molecule has 1 aromatic carbocycles. The smallest absolute Gasteiger partial charge is 0.236 e. The largest absolute Gasteiger partial charge is 0.354 e. The van der Waals surface area contributed by atoms with Crippen molar-refractivity contribution in [2.75, 3.05) is 6.54 Å². The zero-order valence-electron chi connectivity index (χ0n) is 13.0. The van der Waals surface area contributed by atoms with Gasteiger partial charge in [-0.2, -0.15) is 0 Å². The Morgan fingerprint density at radius 1 is 1.41 bits per heavy atom. The van der Waals surface area contributed by atoms with Crippen molar-refractivity contribution in [3.05, 3.63) is 34.9 Å². The van der Waals surface area contributed by atoms with Crippen molar-refractivity contribution in [1.29, 1.82) is 0 Å². The van der Waals surface area contributed by atoms with Gasteiger partial charge in [0.25, 0.3) is 0 Å². The Kier molecular flexibility index (Phi) is 5.75. The summed E-state index contributed by atoms with van der Waals surface area (Å²) in [4.78, 5) is 26.0. The van der Waals surface area contributed by atoms with Crippen LogP contribution in [-0.2, 0) is 9.59 Å². The average Bonchev–Trinajstić information content (AvgIpc) is 2.72. The highest BCUT2D eigenvalue weighted by Crippen LogP contribution is 2.44. The highest BCUT2D eigenvalue weighted by molar-refractivity contribution is 8.01. The van der Waals surface area contributed by atoms with E-state index in [1.54, 1.807) is 16.7 Å². The van der Waals surface area contributed by atoms with Crippen LogP contribution in [0, 0.1) is 0 Å². The van der Waals surface area contributed by atoms with Crippen molar-refractivity contribution >= 4 is 35.2 Å².